The number of fused-ring (bicyclic) bond motifs is 2. The number of anilines is 2. The van der Waals surface area contributed by atoms with Crippen molar-refractivity contribution in [3.63, 3.8) is 0 Å². The van der Waals surface area contributed by atoms with E-state index in [0.29, 0.717) is 33.9 Å². The molecule has 5 aromatic rings. The summed E-state index contributed by atoms with van der Waals surface area (Å²) in [5, 5.41) is 8.46. The first kappa shape index (κ1) is 25.7. The van der Waals surface area contributed by atoms with Crippen LogP contribution in [0.15, 0.2) is 66.9 Å². The van der Waals surface area contributed by atoms with E-state index >= 15 is 0 Å². The lowest BCUT2D eigenvalue weighted by Gasteiger charge is -2.37. The highest BCUT2D eigenvalue weighted by molar-refractivity contribution is 6.42. The number of halogens is 2. The minimum atomic E-state index is -0.411. The van der Waals surface area contributed by atoms with Gasteiger partial charge in [-0.1, -0.05) is 70.5 Å². The molecule has 3 aromatic carbocycles. The van der Waals surface area contributed by atoms with Gasteiger partial charge < -0.3 is 14.3 Å². The fourth-order valence-corrected chi connectivity index (χ4v) is 5.14. The number of carbonyl (C=O) groups excluding carboxylic acids is 1. The molecule has 40 heavy (non-hydrogen) atoms. The average molecular weight is 578 g/mol. The van der Waals surface area contributed by atoms with Gasteiger partial charge in [0.1, 0.15) is 38.4 Å². The summed E-state index contributed by atoms with van der Waals surface area (Å²) in [6.07, 6.45) is 1.59. The smallest absolute Gasteiger partial charge is 0.347 e. The quantitative estimate of drug-likeness (QED) is 0.248. The van der Waals surface area contributed by atoms with Crippen molar-refractivity contribution in [3.05, 3.63) is 88.0 Å². The molecule has 11 nitrogen and oxygen atoms in total. The number of rotatable bonds is 7. The molecular formula is C27H21Cl2N7O4. The molecule has 2 aromatic heterocycles. The fourth-order valence-electron chi connectivity index (χ4n) is 4.43. The van der Waals surface area contributed by atoms with Gasteiger partial charge >= 0.3 is 12.0 Å². The summed E-state index contributed by atoms with van der Waals surface area (Å²) < 4.78 is 10.8. The maximum atomic E-state index is 14.1. The Hall–Kier alpha value is -4.61. The zero-order chi connectivity index (χ0) is 27.8. The lowest BCUT2D eigenvalue weighted by molar-refractivity contribution is 0.166. The zero-order valence-corrected chi connectivity index (χ0v) is 22.8. The van der Waals surface area contributed by atoms with Crippen LogP contribution in [0.2, 0.25) is 10.0 Å². The monoisotopic (exact) mass is 577 g/mol. The Labute approximate surface area is 238 Å². The van der Waals surface area contributed by atoms with Crippen molar-refractivity contribution in [2.24, 2.45) is 0 Å². The molecule has 1 aliphatic rings. The predicted octanol–water partition coefficient (Wildman–Crippen LogP) is 5.53. The molecule has 0 atom stereocenters. The number of urea groups is 1. The van der Waals surface area contributed by atoms with Crippen LogP contribution in [-0.4, -0.2) is 45.4 Å². The molecular weight excluding hydrogens is 557 g/mol. The van der Waals surface area contributed by atoms with Crippen LogP contribution >= 0.6 is 23.2 Å². The Morgan fingerprint density at radius 2 is 1.65 bits per heavy atom. The molecule has 0 bridgehead atoms. The van der Waals surface area contributed by atoms with Gasteiger partial charge in [0, 0.05) is 17.8 Å². The Kier molecular flexibility index (Phi) is 6.74. The highest BCUT2D eigenvalue weighted by Gasteiger charge is 2.37. The molecule has 202 valence electrons. The number of amides is 2. The number of nitrogens with zero attached hydrogens (tertiary/aromatic N) is 7. The molecule has 0 radical (unpaired) electrons. The highest BCUT2D eigenvalue weighted by atomic mass is 35.5. The lowest BCUT2D eigenvalue weighted by Crippen LogP contribution is -2.47. The van der Waals surface area contributed by atoms with Crippen molar-refractivity contribution in [3.8, 4) is 17.5 Å². The Morgan fingerprint density at radius 1 is 0.950 bits per heavy atom. The summed E-state index contributed by atoms with van der Waals surface area (Å²) in [5.74, 6) is 0.999. The molecule has 1 aliphatic heterocycles. The van der Waals surface area contributed by atoms with Crippen LogP contribution in [-0.2, 0) is 13.1 Å². The van der Waals surface area contributed by atoms with Crippen molar-refractivity contribution in [1.82, 2.24) is 25.1 Å². The second-order valence-electron chi connectivity index (χ2n) is 8.74. The molecule has 2 amide bonds. The number of para-hydroxylation sites is 1. The van der Waals surface area contributed by atoms with E-state index in [9.17, 15) is 4.79 Å². The van der Waals surface area contributed by atoms with E-state index in [1.165, 1.54) is 28.9 Å². The standard InChI is InChI=1S/C27H21Cl2N7O4/c1-38-20-12-21(39-2)23(29)24(22(20)28)34-15-17-13-30-26(40-36-19-11-7-6-10-18(19)32-33-36)31-25(17)35(27(34)37)14-16-8-4-3-5-9-16/h3-13H,14-15H2,1-2H3. The van der Waals surface area contributed by atoms with Crippen molar-refractivity contribution in [2.45, 2.75) is 13.1 Å². The largest absolute Gasteiger partial charge is 0.495 e. The molecule has 0 unspecified atom stereocenters. The second kappa shape index (κ2) is 10.5. The molecule has 0 saturated heterocycles. The van der Waals surface area contributed by atoms with Gasteiger partial charge in [0.15, 0.2) is 0 Å². The van der Waals surface area contributed by atoms with Gasteiger partial charge in [0.25, 0.3) is 0 Å². The minimum absolute atomic E-state index is 0.00664. The zero-order valence-electron chi connectivity index (χ0n) is 21.3. The maximum Gasteiger partial charge on any atom is 0.347 e. The van der Waals surface area contributed by atoms with E-state index in [-0.39, 0.29) is 34.8 Å². The number of benzene rings is 3. The van der Waals surface area contributed by atoms with Crippen LogP contribution in [0.4, 0.5) is 16.3 Å². The SMILES string of the molecule is COc1cc(OC)c(Cl)c(N2Cc3cnc(On4nnc5ccccc54)nc3N(Cc3ccccc3)C2=O)c1Cl. The van der Waals surface area contributed by atoms with Crippen LogP contribution in [0.25, 0.3) is 11.0 Å². The molecule has 0 fully saturated rings. The van der Waals surface area contributed by atoms with Crippen LogP contribution in [0, 0.1) is 0 Å². The first-order valence-electron chi connectivity index (χ1n) is 12.1. The normalized spacial score (nSPS) is 12.9. The topological polar surface area (TPSA) is 108 Å². The number of carbonyl (C=O) groups is 1. The van der Waals surface area contributed by atoms with Crippen molar-refractivity contribution >= 4 is 51.8 Å². The van der Waals surface area contributed by atoms with E-state index < -0.39 is 6.03 Å². The van der Waals surface area contributed by atoms with Crippen molar-refractivity contribution < 1.29 is 19.1 Å². The Balaban J connectivity index is 1.44. The van der Waals surface area contributed by atoms with Gasteiger partial charge in [-0.05, 0) is 22.9 Å². The van der Waals surface area contributed by atoms with Crippen molar-refractivity contribution in [2.75, 3.05) is 24.0 Å². The van der Waals surface area contributed by atoms with Gasteiger partial charge in [-0.2, -0.15) is 4.98 Å². The fraction of sp³-hybridized carbons (Fsp3) is 0.148. The number of hydrogen-bond acceptors (Lipinski definition) is 8. The van der Waals surface area contributed by atoms with Crippen molar-refractivity contribution in [1.29, 1.82) is 0 Å². The van der Waals surface area contributed by atoms with E-state index in [0.717, 1.165) is 5.56 Å². The molecule has 0 N–H and O–H groups in total. The molecule has 0 spiro atoms. The second-order valence-corrected chi connectivity index (χ2v) is 9.50. The molecule has 6 rings (SSSR count). The van der Waals surface area contributed by atoms with E-state index in [2.05, 4.69) is 20.3 Å². The predicted molar refractivity (Wildman–Crippen MR) is 149 cm³/mol. The first-order chi connectivity index (χ1) is 19.5. The summed E-state index contributed by atoms with van der Waals surface area (Å²) in [4.78, 5) is 33.1. The summed E-state index contributed by atoms with van der Waals surface area (Å²) in [5.41, 5.74) is 3.07. The summed E-state index contributed by atoms with van der Waals surface area (Å²) >= 11 is 13.4. The van der Waals surface area contributed by atoms with E-state index in [1.807, 2.05) is 54.6 Å². The first-order valence-corrected chi connectivity index (χ1v) is 12.8. The Morgan fingerprint density at radius 3 is 2.38 bits per heavy atom. The number of ether oxygens (including phenoxy) is 2. The Bertz CT molecular complexity index is 1700. The third-order valence-corrected chi connectivity index (χ3v) is 7.09. The van der Waals surface area contributed by atoms with Crippen LogP contribution in [0.3, 0.4) is 0 Å². The molecule has 13 heteroatoms. The van der Waals surface area contributed by atoms with Gasteiger partial charge in [-0.15, -0.1) is 5.10 Å². The summed E-state index contributed by atoms with van der Waals surface area (Å²) in [6, 6.07) is 18.0. The summed E-state index contributed by atoms with van der Waals surface area (Å²) in [6.45, 7) is 0.296. The molecule has 3 heterocycles. The van der Waals surface area contributed by atoms with Gasteiger partial charge in [-0.25, -0.2) is 9.78 Å². The summed E-state index contributed by atoms with van der Waals surface area (Å²) in [7, 11) is 2.95. The number of methoxy groups -OCH3 is 2. The maximum absolute atomic E-state index is 14.1. The van der Waals surface area contributed by atoms with Gasteiger partial charge in [-0.3, -0.25) is 9.80 Å². The molecule has 0 aliphatic carbocycles. The van der Waals surface area contributed by atoms with Crippen LogP contribution in [0.5, 0.6) is 17.5 Å². The lowest BCUT2D eigenvalue weighted by atomic mass is 10.1. The van der Waals surface area contributed by atoms with Gasteiger partial charge in [0.2, 0.25) is 0 Å². The van der Waals surface area contributed by atoms with Crippen LogP contribution < -0.4 is 24.1 Å². The number of hydrogen-bond donors (Lipinski definition) is 0. The average Bonchev–Trinajstić information content (AvgIpc) is 3.38. The third-order valence-electron chi connectivity index (χ3n) is 6.36. The van der Waals surface area contributed by atoms with E-state index in [1.54, 1.807) is 12.3 Å². The third kappa shape index (κ3) is 4.48. The highest BCUT2D eigenvalue weighted by Crippen LogP contribution is 2.48. The van der Waals surface area contributed by atoms with Crippen LogP contribution in [0.1, 0.15) is 11.1 Å². The molecule has 0 saturated carbocycles. The van der Waals surface area contributed by atoms with E-state index in [4.69, 9.17) is 37.5 Å². The minimum Gasteiger partial charge on any atom is -0.495 e. The van der Waals surface area contributed by atoms with Gasteiger partial charge in [0.05, 0.1) is 33.0 Å². The number of aromatic nitrogens is 5.